The maximum atomic E-state index is 12.4. The summed E-state index contributed by atoms with van der Waals surface area (Å²) < 4.78 is 5.70. The standard InChI is InChI=1S/C27H36N4O2/c1-27-13-16-31(15-12-21-9-6-14-28-18-21)25(27)30(2)24-11-10-22(17-23(24)27)33-26(32)29-19-20-7-4-3-5-8-20/h6,9-11,14,17-18,20,25H,3-5,7-8,12-13,15-16,19H2,1-2H3,(H,29,32)/t25?,27-/m0/s1. The number of likely N-dealkylation sites (tertiary alicyclic amines) is 1. The van der Waals surface area contributed by atoms with Crippen molar-refractivity contribution in [2.75, 3.05) is 31.6 Å². The zero-order chi connectivity index (χ0) is 22.8. The van der Waals surface area contributed by atoms with Crippen molar-refractivity contribution >= 4 is 11.8 Å². The van der Waals surface area contributed by atoms with Crippen molar-refractivity contribution in [1.29, 1.82) is 0 Å². The van der Waals surface area contributed by atoms with Gasteiger partial charge < -0.3 is 15.0 Å². The number of aromatic nitrogens is 1. The molecule has 1 saturated carbocycles. The van der Waals surface area contributed by atoms with E-state index in [-0.39, 0.29) is 11.5 Å². The highest BCUT2D eigenvalue weighted by molar-refractivity contribution is 5.72. The van der Waals surface area contributed by atoms with Crippen molar-refractivity contribution in [2.45, 2.75) is 63.5 Å². The van der Waals surface area contributed by atoms with E-state index in [9.17, 15) is 4.79 Å². The fourth-order valence-corrected chi connectivity index (χ4v) is 6.27. The molecule has 176 valence electrons. The van der Waals surface area contributed by atoms with E-state index in [0.717, 1.165) is 32.5 Å². The number of rotatable bonds is 6. The van der Waals surface area contributed by atoms with E-state index < -0.39 is 0 Å². The Morgan fingerprint density at radius 3 is 2.88 bits per heavy atom. The van der Waals surface area contributed by atoms with Crippen LogP contribution < -0.4 is 15.0 Å². The normalized spacial score (nSPS) is 25.0. The molecule has 5 rings (SSSR count). The highest BCUT2D eigenvalue weighted by Crippen LogP contribution is 2.52. The second-order valence-electron chi connectivity index (χ2n) is 10.3. The molecule has 1 saturated heterocycles. The summed E-state index contributed by atoms with van der Waals surface area (Å²) in [6.07, 6.45) is 12.2. The van der Waals surface area contributed by atoms with Crippen LogP contribution >= 0.6 is 0 Å². The quantitative estimate of drug-likeness (QED) is 0.692. The van der Waals surface area contributed by atoms with E-state index in [1.165, 1.54) is 48.9 Å². The van der Waals surface area contributed by atoms with Gasteiger partial charge in [-0.25, -0.2) is 4.79 Å². The smallest absolute Gasteiger partial charge is 0.410 e. The van der Waals surface area contributed by atoms with Gasteiger partial charge in [-0.1, -0.05) is 32.3 Å². The number of carbonyl (C=O) groups excluding carboxylic acids is 1. The molecular formula is C27H36N4O2. The first kappa shape index (κ1) is 22.2. The fourth-order valence-electron chi connectivity index (χ4n) is 6.27. The Kier molecular flexibility index (Phi) is 6.28. The van der Waals surface area contributed by atoms with Crippen molar-refractivity contribution < 1.29 is 9.53 Å². The van der Waals surface area contributed by atoms with Crippen LogP contribution in [0.5, 0.6) is 5.75 Å². The average molecular weight is 449 g/mol. The number of fused-ring (bicyclic) bond motifs is 3. The Labute approximate surface area is 197 Å². The first-order valence-corrected chi connectivity index (χ1v) is 12.5. The third kappa shape index (κ3) is 4.45. The molecule has 6 nitrogen and oxygen atoms in total. The lowest BCUT2D eigenvalue weighted by atomic mass is 9.81. The van der Waals surface area contributed by atoms with Crippen LogP contribution in [0.3, 0.4) is 0 Å². The summed E-state index contributed by atoms with van der Waals surface area (Å²) in [4.78, 5) is 21.7. The number of carbonyl (C=O) groups is 1. The Morgan fingerprint density at radius 1 is 1.24 bits per heavy atom. The molecule has 1 amide bonds. The van der Waals surface area contributed by atoms with Crippen LogP contribution in [0.25, 0.3) is 0 Å². The number of amides is 1. The van der Waals surface area contributed by atoms with Gasteiger partial charge in [-0.15, -0.1) is 0 Å². The van der Waals surface area contributed by atoms with Gasteiger partial charge in [0, 0.05) is 50.2 Å². The topological polar surface area (TPSA) is 57.7 Å². The molecule has 1 aromatic carbocycles. The van der Waals surface area contributed by atoms with Gasteiger partial charge in [-0.3, -0.25) is 9.88 Å². The molecule has 0 radical (unpaired) electrons. The van der Waals surface area contributed by atoms with Crippen molar-refractivity contribution in [1.82, 2.24) is 15.2 Å². The molecule has 6 heteroatoms. The second-order valence-corrected chi connectivity index (χ2v) is 10.3. The number of nitrogens with zero attached hydrogens (tertiary/aromatic N) is 3. The number of nitrogens with one attached hydrogen (secondary N) is 1. The molecule has 1 aromatic heterocycles. The zero-order valence-electron chi connectivity index (χ0n) is 19.9. The summed E-state index contributed by atoms with van der Waals surface area (Å²) in [5.74, 6) is 1.23. The van der Waals surface area contributed by atoms with Crippen LogP contribution in [-0.4, -0.2) is 48.8 Å². The van der Waals surface area contributed by atoms with E-state index in [1.807, 2.05) is 24.5 Å². The van der Waals surface area contributed by atoms with Crippen molar-refractivity contribution in [3.63, 3.8) is 0 Å². The van der Waals surface area contributed by atoms with E-state index in [1.54, 1.807) is 0 Å². The van der Waals surface area contributed by atoms with Crippen LogP contribution in [-0.2, 0) is 11.8 Å². The predicted molar refractivity (Wildman–Crippen MR) is 131 cm³/mol. The SMILES string of the molecule is CN1c2ccc(OC(=O)NCC3CCCCC3)cc2[C@]2(C)CCN(CCc3cccnc3)C12. The van der Waals surface area contributed by atoms with Gasteiger partial charge in [0.25, 0.3) is 0 Å². The lowest BCUT2D eigenvalue weighted by Crippen LogP contribution is -2.47. The molecule has 3 aliphatic rings. The lowest BCUT2D eigenvalue weighted by Gasteiger charge is -2.34. The molecule has 2 aromatic rings. The summed E-state index contributed by atoms with van der Waals surface area (Å²) in [5.41, 5.74) is 3.83. The van der Waals surface area contributed by atoms with Crippen LogP contribution in [0.1, 0.15) is 56.6 Å². The maximum Gasteiger partial charge on any atom is 0.412 e. The molecule has 0 bridgehead atoms. The van der Waals surface area contributed by atoms with Crippen LogP contribution in [0.4, 0.5) is 10.5 Å². The number of hydrogen-bond donors (Lipinski definition) is 1. The lowest BCUT2D eigenvalue weighted by molar-refractivity contribution is 0.196. The minimum Gasteiger partial charge on any atom is -0.410 e. The number of anilines is 1. The van der Waals surface area contributed by atoms with Crippen LogP contribution in [0, 0.1) is 5.92 Å². The highest BCUT2D eigenvalue weighted by atomic mass is 16.6. The number of pyridine rings is 1. The number of hydrogen-bond acceptors (Lipinski definition) is 5. The van der Waals surface area contributed by atoms with Gasteiger partial charge in [-0.05, 0) is 67.0 Å². The third-order valence-electron chi connectivity index (χ3n) is 8.05. The van der Waals surface area contributed by atoms with Crippen LogP contribution in [0.2, 0.25) is 0 Å². The summed E-state index contributed by atoms with van der Waals surface area (Å²) in [6.45, 7) is 5.16. The van der Waals surface area contributed by atoms with Gasteiger partial charge in [0.1, 0.15) is 5.75 Å². The molecule has 1 N–H and O–H groups in total. The van der Waals surface area contributed by atoms with E-state index >= 15 is 0 Å². The Hall–Kier alpha value is -2.60. The maximum absolute atomic E-state index is 12.4. The van der Waals surface area contributed by atoms with E-state index in [2.05, 4.69) is 52.3 Å². The summed E-state index contributed by atoms with van der Waals surface area (Å²) in [7, 11) is 2.19. The first-order chi connectivity index (χ1) is 16.0. The van der Waals surface area contributed by atoms with Gasteiger partial charge in [0.15, 0.2) is 0 Å². The zero-order valence-corrected chi connectivity index (χ0v) is 19.9. The number of ether oxygens (including phenoxy) is 1. The molecule has 2 aliphatic heterocycles. The molecule has 33 heavy (non-hydrogen) atoms. The molecule has 2 atom stereocenters. The van der Waals surface area contributed by atoms with Crippen LogP contribution in [0.15, 0.2) is 42.7 Å². The first-order valence-electron chi connectivity index (χ1n) is 12.5. The van der Waals surface area contributed by atoms with Gasteiger partial charge >= 0.3 is 6.09 Å². The second kappa shape index (κ2) is 9.34. The molecule has 1 aliphatic carbocycles. The van der Waals surface area contributed by atoms with Crippen molar-refractivity contribution in [3.05, 3.63) is 53.9 Å². The van der Waals surface area contributed by atoms with E-state index in [0.29, 0.717) is 17.8 Å². The van der Waals surface area contributed by atoms with Crippen molar-refractivity contribution in [2.24, 2.45) is 5.92 Å². The molecule has 3 heterocycles. The Balaban J connectivity index is 1.24. The molecular weight excluding hydrogens is 412 g/mol. The van der Waals surface area contributed by atoms with Gasteiger partial charge in [0.05, 0.1) is 6.17 Å². The largest absolute Gasteiger partial charge is 0.412 e. The van der Waals surface area contributed by atoms with Crippen molar-refractivity contribution in [3.8, 4) is 5.75 Å². The molecule has 1 unspecified atom stereocenters. The highest BCUT2D eigenvalue weighted by Gasteiger charge is 2.53. The average Bonchev–Trinajstić information content (AvgIpc) is 3.29. The number of benzene rings is 1. The fraction of sp³-hybridized carbons (Fsp3) is 0.556. The minimum absolute atomic E-state index is 0.0248. The molecule has 2 fully saturated rings. The summed E-state index contributed by atoms with van der Waals surface area (Å²) >= 11 is 0. The van der Waals surface area contributed by atoms with Gasteiger partial charge in [-0.2, -0.15) is 0 Å². The van der Waals surface area contributed by atoms with Gasteiger partial charge in [0.2, 0.25) is 0 Å². The Morgan fingerprint density at radius 2 is 2.09 bits per heavy atom. The monoisotopic (exact) mass is 448 g/mol. The summed E-state index contributed by atoms with van der Waals surface area (Å²) in [5, 5.41) is 2.99. The minimum atomic E-state index is -0.335. The Bertz CT molecular complexity index is 975. The number of likely N-dealkylation sites (N-methyl/N-ethyl adjacent to an activating group) is 1. The van der Waals surface area contributed by atoms with E-state index in [4.69, 9.17) is 4.74 Å². The third-order valence-corrected chi connectivity index (χ3v) is 8.05. The predicted octanol–water partition coefficient (Wildman–Crippen LogP) is 4.73. The molecule has 0 spiro atoms. The summed E-state index contributed by atoms with van der Waals surface area (Å²) in [6, 6.07) is 10.3.